The summed E-state index contributed by atoms with van der Waals surface area (Å²) in [5, 5.41) is 3.85. The second kappa shape index (κ2) is 7.24. The number of ether oxygens (including phenoxy) is 1. The number of hydrogen-bond donors (Lipinski definition) is 1. The highest BCUT2D eigenvalue weighted by atomic mass is 16.5. The minimum Gasteiger partial charge on any atom is -0.377 e. The summed E-state index contributed by atoms with van der Waals surface area (Å²) in [6, 6.07) is 1.43. The third-order valence-electron chi connectivity index (χ3n) is 5.70. The zero-order valence-corrected chi connectivity index (χ0v) is 13.2. The highest BCUT2D eigenvalue weighted by Crippen LogP contribution is 2.28. The quantitative estimate of drug-likeness (QED) is 0.860. The molecule has 3 aliphatic rings. The maximum absolute atomic E-state index is 5.86. The topological polar surface area (TPSA) is 24.5 Å². The van der Waals surface area contributed by atoms with E-state index in [4.69, 9.17) is 4.74 Å². The first kappa shape index (κ1) is 14.8. The van der Waals surface area contributed by atoms with E-state index < -0.39 is 0 Å². The SMILES string of the molecule is CC1CCNC(C2CCCCC2)CN1CC1CCCO1. The molecule has 1 aliphatic carbocycles. The molecule has 0 aromatic rings. The molecule has 1 saturated carbocycles. The Balaban J connectivity index is 1.58. The Morgan fingerprint density at radius 3 is 2.65 bits per heavy atom. The molecule has 1 N–H and O–H groups in total. The molecule has 20 heavy (non-hydrogen) atoms. The Bertz CT molecular complexity index is 285. The first-order valence-electron chi connectivity index (χ1n) is 8.92. The van der Waals surface area contributed by atoms with E-state index in [1.807, 2.05) is 0 Å². The molecule has 0 aromatic heterocycles. The minimum absolute atomic E-state index is 0.502. The fourth-order valence-electron chi connectivity index (χ4n) is 4.31. The summed E-state index contributed by atoms with van der Waals surface area (Å²) in [5.74, 6) is 0.918. The van der Waals surface area contributed by atoms with Crippen molar-refractivity contribution in [3.05, 3.63) is 0 Å². The summed E-state index contributed by atoms with van der Waals surface area (Å²) in [4.78, 5) is 2.72. The summed E-state index contributed by atoms with van der Waals surface area (Å²) in [6.45, 7) is 6.99. The lowest BCUT2D eigenvalue weighted by Crippen LogP contribution is -2.47. The molecule has 0 spiro atoms. The Morgan fingerprint density at radius 2 is 1.90 bits per heavy atom. The van der Waals surface area contributed by atoms with Gasteiger partial charge in [0.15, 0.2) is 0 Å². The van der Waals surface area contributed by atoms with Crippen LogP contribution in [0, 0.1) is 5.92 Å². The second-order valence-electron chi connectivity index (χ2n) is 7.19. The van der Waals surface area contributed by atoms with Crippen molar-refractivity contribution < 1.29 is 4.74 Å². The Morgan fingerprint density at radius 1 is 1.05 bits per heavy atom. The van der Waals surface area contributed by atoms with Gasteiger partial charge >= 0.3 is 0 Å². The van der Waals surface area contributed by atoms with Crippen molar-refractivity contribution >= 4 is 0 Å². The average Bonchev–Trinajstić information content (AvgIpc) is 2.92. The fourth-order valence-corrected chi connectivity index (χ4v) is 4.31. The van der Waals surface area contributed by atoms with Crippen molar-refractivity contribution in [1.29, 1.82) is 0 Å². The molecular formula is C17H32N2O. The van der Waals surface area contributed by atoms with Gasteiger partial charge in [0, 0.05) is 31.8 Å². The van der Waals surface area contributed by atoms with Crippen LogP contribution in [0.4, 0.5) is 0 Å². The summed E-state index contributed by atoms with van der Waals surface area (Å²) in [5.41, 5.74) is 0. The van der Waals surface area contributed by atoms with Crippen molar-refractivity contribution in [3.63, 3.8) is 0 Å². The van der Waals surface area contributed by atoms with Crippen molar-refractivity contribution in [3.8, 4) is 0 Å². The van der Waals surface area contributed by atoms with Crippen LogP contribution < -0.4 is 5.32 Å². The van der Waals surface area contributed by atoms with E-state index >= 15 is 0 Å². The molecule has 0 radical (unpaired) electrons. The summed E-state index contributed by atoms with van der Waals surface area (Å²) < 4.78 is 5.86. The number of rotatable bonds is 3. The molecule has 3 atom stereocenters. The van der Waals surface area contributed by atoms with E-state index in [0.717, 1.165) is 25.1 Å². The molecule has 0 amide bonds. The third-order valence-corrected chi connectivity index (χ3v) is 5.70. The maximum atomic E-state index is 5.86. The van der Waals surface area contributed by atoms with Crippen LogP contribution in [0.1, 0.15) is 58.3 Å². The number of nitrogens with one attached hydrogen (secondary N) is 1. The molecular weight excluding hydrogens is 248 g/mol. The van der Waals surface area contributed by atoms with E-state index in [-0.39, 0.29) is 0 Å². The van der Waals surface area contributed by atoms with Crippen molar-refractivity contribution in [2.24, 2.45) is 5.92 Å². The zero-order valence-electron chi connectivity index (χ0n) is 13.2. The van der Waals surface area contributed by atoms with E-state index in [1.165, 1.54) is 64.5 Å². The van der Waals surface area contributed by atoms with Gasteiger partial charge < -0.3 is 10.1 Å². The van der Waals surface area contributed by atoms with Crippen LogP contribution in [0.25, 0.3) is 0 Å². The molecule has 3 heteroatoms. The van der Waals surface area contributed by atoms with E-state index in [0.29, 0.717) is 12.1 Å². The van der Waals surface area contributed by atoms with Crippen molar-refractivity contribution in [2.45, 2.75) is 76.5 Å². The first-order valence-corrected chi connectivity index (χ1v) is 8.92. The van der Waals surface area contributed by atoms with Gasteiger partial charge in [-0.2, -0.15) is 0 Å². The van der Waals surface area contributed by atoms with Gasteiger partial charge in [0.2, 0.25) is 0 Å². The molecule has 0 aromatic carbocycles. The van der Waals surface area contributed by atoms with Gasteiger partial charge in [-0.05, 0) is 51.5 Å². The van der Waals surface area contributed by atoms with E-state index in [9.17, 15) is 0 Å². The molecule has 116 valence electrons. The Hall–Kier alpha value is -0.120. The lowest BCUT2D eigenvalue weighted by Gasteiger charge is -2.35. The molecule has 0 bridgehead atoms. The highest BCUT2D eigenvalue weighted by Gasteiger charge is 2.31. The van der Waals surface area contributed by atoms with Crippen LogP contribution in [0.15, 0.2) is 0 Å². The standard InChI is InChI=1S/C17H32N2O/c1-14-9-10-18-17(15-6-3-2-4-7-15)13-19(14)12-16-8-5-11-20-16/h14-18H,2-13H2,1H3. The highest BCUT2D eigenvalue weighted by molar-refractivity contribution is 4.88. The van der Waals surface area contributed by atoms with Crippen LogP contribution in [-0.2, 0) is 4.74 Å². The van der Waals surface area contributed by atoms with Gasteiger partial charge in [0.1, 0.15) is 0 Å². The fraction of sp³-hybridized carbons (Fsp3) is 1.00. The van der Waals surface area contributed by atoms with Crippen LogP contribution in [0.2, 0.25) is 0 Å². The monoisotopic (exact) mass is 280 g/mol. The number of hydrogen-bond acceptors (Lipinski definition) is 3. The van der Waals surface area contributed by atoms with Crippen LogP contribution >= 0.6 is 0 Å². The van der Waals surface area contributed by atoms with Gasteiger partial charge in [-0.15, -0.1) is 0 Å². The average molecular weight is 280 g/mol. The molecule has 2 heterocycles. The molecule has 3 rings (SSSR count). The summed E-state index contributed by atoms with van der Waals surface area (Å²) >= 11 is 0. The van der Waals surface area contributed by atoms with E-state index in [2.05, 4.69) is 17.1 Å². The van der Waals surface area contributed by atoms with Gasteiger partial charge in [-0.25, -0.2) is 0 Å². The van der Waals surface area contributed by atoms with Gasteiger partial charge in [0.25, 0.3) is 0 Å². The molecule has 2 saturated heterocycles. The Labute approximate surface area is 124 Å². The largest absolute Gasteiger partial charge is 0.377 e. The lowest BCUT2D eigenvalue weighted by atomic mass is 9.83. The van der Waals surface area contributed by atoms with Crippen LogP contribution in [0.3, 0.4) is 0 Å². The predicted molar refractivity (Wildman–Crippen MR) is 83.0 cm³/mol. The van der Waals surface area contributed by atoms with Gasteiger partial charge in [-0.1, -0.05) is 19.3 Å². The summed E-state index contributed by atoms with van der Waals surface area (Å²) in [6.07, 6.45) is 11.6. The van der Waals surface area contributed by atoms with Crippen molar-refractivity contribution in [1.82, 2.24) is 10.2 Å². The Kier molecular flexibility index (Phi) is 5.36. The van der Waals surface area contributed by atoms with Gasteiger partial charge in [0.05, 0.1) is 6.10 Å². The normalized spacial score (nSPS) is 38.0. The number of nitrogens with zero attached hydrogens (tertiary/aromatic N) is 1. The molecule has 3 fully saturated rings. The van der Waals surface area contributed by atoms with E-state index in [1.54, 1.807) is 0 Å². The predicted octanol–water partition coefficient (Wildman–Crippen LogP) is 2.80. The third kappa shape index (κ3) is 3.75. The smallest absolute Gasteiger partial charge is 0.0702 e. The van der Waals surface area contributed by atoms with Crippen LogP contribution in [0.5, 0.6) is 0 Å². The minimum atomic E-state index is 0.502. The van der Waals surface area contributed by atoms with Crippen molar-refractivity contribution in [2.75, 3.05) is 26.2 Å². The molecule has 3 nitrogen and oxygen atoms in total. The summed E-state index contributed by atoms with van der Waals surface area (Å²) in [7, 11) is 0. The van der Waals surface area contributed by atoms with Crippen LogP contribution in [-0.4, -0.2) is 49.3 Å². The zero-order chi connectivity index (χ0) is 13.8. The molecule has 2 aliphatic heterocycles. The second-order valence-corrected chi connectivity index (χ2v) is 7.19. The van der Waals surface area contributed by atoms with Gasteiger partial charge in [-0.3, -0.25) is 4.90 Å². The molecule has 3 unspecified atom stereocenters. The maximum Gasteiger partial charge on any atom is 0.0702 e. The lowest BCUT2D eigenvalue weighted by molar-refractivity contribution is 0.0553. The first-order chi connectivity index (χ1) is 9.83.